The molecule has 0 radical (unpaired) electrons. The van der Waals surface area contributed by atoms with Crippen molar-refractivity contribution >= 4 is 11.6 Å². The predicted octanol–water partition coefficient (Wildman–Crippen LogP) is 3.03. The number of aliphatic hydroxyl groups is 1. The monoisotopic (exact) mass is 439 g/mol. The fraction of sp³-hybridized carbons (Fsp3) is 0.500. The van der Waals surface area contributed by atoms with Crippen molar-refractivity contribution in [3.05, 3.63) is 59.7 Å². The van der Waals surface area contributed by atoms with Crippen LogP contribution in [0.4, 0.5) is 5.69 Å². The molecule has 0 bridgehead atoms. The standard InChI is InChI=1S/C26H37N3O3/c1-19-15-29(20(2)18-30)26(31)14-22-13-23(27(3)4)11-12-24(22)32-25(19)17-28(5)16-21-9-7-6-8-10-21/h6-13,19-20,25,30H,14-18H2,1-5H3/t19-,20+,25+/m1/s1. The molecule has 32 heavy (non-hydrogen) atoms. The van der Waals surface area contributed by atoms with Crippen LogP contribution in [0.25, 0.3) is 0 Å². The normalized spacial score (nSPS) is 20.1. The van der Waals surface area contributed by atoms with Gasteiger partial charge < -0.3 is 19.6 Å². The van der Waals surface area contributed by atoms with Gasteiger partial charge in [0.15, 0.2) is 0 Å². The molecule has 1 heterocycles. The fourth-order valence-electron chi connectivity index (χ4n) is 4.18. The Balaban J connectivity index is 1.89. The Labute approximate surface area is 192 Å². The SMILES string of the molecule is C[C@@H]1CN([C@@H](C)CO)C(=O)Cc2cc(N(C)C)ccc2O[C@H]1CN(C)Cc1ccccc1. The van der Waals surface area contributed by atoms with Crippen molar-refractivity contribution in [2.45, 2.75) is 39.0 Å². The molecule has 1 aliphatic heterocycles. The van der Waals surface area contributed by atoms with E-state index in [4.69, 9.17) is 4.74 Å². The third-order valence-electron chi connectivity index (χ3n) is 6.20. The van der Waals surface area contributed by atoms with Gasteiger partial charge in [-0.3, -0.25) is 9.69 Å². The van der Waals surface area contributed by atoms with Gasteiger partial charge in [0, 0.05) is 50.9 Å². The highest BCUT2D eigenvalue weighted by Gasteiger charge is 2.31. The van der Waals surface area contributed by atoms with E-state index in [2.05, 4.69) is 43.1 Å². The largest absolute Gasteiger partial charge is 0.488 e. The van der Waals surface area contributed by atoms with Crippen LogP contribution in [0.3, 0.4) is 0 Å². The van der Waals surface area contributed by atoms with Crippen LogP contribution in [0.15, 0.2) is 48.5 Å². The lowest BCUT2D eigenvalue weighted by molar-refractivity contribution is -0.134. The van der Waals surface area contributed by atoms with Gasteiger partial charge in [-0.15, -0.1) is 0 Å². The molecule has 3 rings (SSSR count). The van der Waals surface area contributed by atoms with Gasteiger partial charge in [-0.1, -0.05) is 37.3 Å². The maximum absolute atomic E-state index is 13.2. The summed E-state index contributed by atoms with van der Waals surface area (Å²) in [6.45, 7) is 6.10. The Morgan fingerprint density at radius 3 is 2.53 bits per heavy atom. The molecule has 0 saturated carbocycles. The highest BCUT2D eigenvalue weighted by Crippen LogP contribution is 2.30. The summed E-state index contributed by atoms with van der Waals surface area (Å²) in [5, 5.41) is 9.77. The van der Waals surface area contributed by atoms with Gasteiger partial charge >= 0.3 is 0 Å². The first-order valence-corrected chi connectivity index (χ1v) is 11.4. The molecule has 6 nitrogen and oxygen atoms in total. The van der Waals surface area contributed by atoms with E-state index in [1.807, 2.05) is 55.1 Å². The maximum Gasteiger partial charge on any atom is 0.227 e. The Bertz CT molecular complexity index is 887. The molecule has 0 saturated heterocycles. The van der Waals surface area contributed by atoms with Crippen LogP contribution >= 0.6 is 0 Å². The van der Waals surface area contributed by atoms with Crippen LogP contribution in [-0.2, 0) is 17.8 Å². The molecular formula is C26H37N3O3. The molecule has 0 spiro atoms. The van der Waals surface area contributed by atoms with Gasteiger partial charge in [-0.2, -0.15) is 0 Å². The molecule has 2 aromatic carbocycles. The topological polar surface area (TPSA) is 56.3 Å². The molecule has 1 amide bonds. The van der Waals surface area contributed by atoms with Gasteiger partial charge in [-0.25, -0.2) is 0 Å². The van der Waals surface area contributed by atoms with Crippen molar-refractivity contribution in [3.63, 3.8) is 0 Å². The van der Waals surface area contributed by atoms with Crippen LogP contribution < -0.4 is 9.64 Å². The number of aliphatic hydroxyl groups excluding tert-OH is 1. The number of amides is 1. The van der Waals surface area contributed by atoms with Crippen molar-refractivity contribution in [1.29, 1.82) is 0 Å². The summed E-state index contributed by atoms with van der Waals surface area (Å²) in [5.74, 6) is 0.899. The second-order valence-corrected chi connectivity index (χ2v) is 9.26. The number of rotatable bonds is 7. The summed E-state index contributed by atoms with van der Waals surface area (Å²) in [4.78, 5) is 19.3. The zero-order valence-electron chi connectivity index (χ0n) is 20.0. The van der Waals surface area contributed by atoms with E-state index in [9.17, 15) is 9.90 Å². The molecule has 1 N–H and O–H groups in total. The Hall–Kier alpha value is -2.57. The van der Waals surface area contributed by atoms with E-state index in [-0.39, 0.29) is 37.0 Å². The Morgan fingerprint density at radius 2 is 1.88 bits per heavy atom. The fourth-order valence-corrected chi connectivity index (χ4v) is 4.18. The zero-order valence-corrected chi connectivity index (χ0v) is 20.0. The maximum atomic E-state index is 13.2. The number of nitrogens with zero attached hydrogens (tertiary/aromatic N) is 3. The number of ether oxygens (including phenoxy) is 1. The smallest absolute Gasteiger partial charge is 0.227 e. The van der Waals surface area contributed by atoms with Crippen LogP contribution in [0, 0.1) is 5.92 Å². The van der Waals surface area contributed by atoms with Gasteiger partial charge in [0.25, 0.3) is 0 Å². The van der Waals surface area contributed by atoms with Crippen molar-refractivity contribution in [2.24, 2.45) is 5.92 Å². The summed E-state index contributed by atoms with van der Waals surface area (Å²) >= 11 is 0. The van der Waals surface area contributed by atoms with E-state index < -0.39 is 0 Å². The average Bonchev–Trinajstić information content (AvgIpc) is 2.81. The van der Waals surface area contributed by atoms with Crippen LogP contribution in [0.5, 0.6) is 5.75 Å². The van der Waals surface area contributed by atoms with Crippen LogP contribution in [0.1, 0.15) is 25.0 Å². The second-order valence-electron chi connectivity index (χ2n) is 9.26. The minimum Gasteiger partial charge on any atom is -0.488 e. The average molecular weight is 440 g/mol. The molecular weight excluding hydrogens is 402 g/mol. The first kappa shape index (κ1) is 24.1. The summed E-state index contributed by atoms with van der Waals surface area (Å²) < 4.78 is 6.58. The lowest BCUT2D eigenvalue weighted by atomic mass is 10.0. The number of hydrogen-bond acceptors (Lipinski definition) is 5. The summed E-state index contributed by atoms with van der Waals surface area (Å²) in [5.41, 5.74) is 3.18. The van der Waals surface area contributed by atoms with Crippen molar-refractivity contribution in [1.82, 2.24) is 9.80 Å². The Morgan fingerprint density at radius 1 is 1.16 bits per heavy atom. The summed E-state index contributed by atoms with van der Waals surface area (Å²) in [7, 11) is 6.08. The number of benzene rings is 2. The number of carbonyl (C=O) groups excluding carboxylic acids is 1. The van der Waals surface area contributed by atoms with Gasteiger partial charge in [0.2, 0.25) is 5.91 Å². The third kappa shape index (κ3) is 6.02. The van der Waals surface area contributed by atoms with Crippen molar-refractivity contribution < 1.29 is 14.6 Å². The van der Waals surface area contributed by atoms with E-state index in [1.54, 1.807) is 0 Å². The zero-order chi connectivity index (χ0) is 23.3. The number of hydrogen-bond donors (Lipinski definition) is 1. The minimum absolute atomic E-state index is 0.0254. The molecule has 0 unspecified atom stereocenters. The minimum atomic E-state index is -0.230. The lowest BCUT2D eigenvalue weighted by Crippen LogP contribution is -2.47. The van der Waals surface area contributed by atoms with E-state index >= 15 is 0 Å². The van der Waals surface area contributed by atoms with Crippen LogP contribution in [0.2, 0.25) is 0 Å². The van der Waals surface area contributed by atoms with Crippen molar-refractivity contribution in [2.75, 3.05) is 45.7 Å². The predicted molar refractivity (Wildman–Crippen MR) is 129 cm³/mol. The van der Waals surface area contributed by atoms with Gasteiger partial charge in [0.1, 0.15) is 11.9 Å². The molecule has 2 aromatic rings. The first-order chi connectivity index (χ1) is 15.3. The molecule has 0 aliphatic carbocycles. The quantitative estimate of drug-likeness (QED) is 0.719. The second kappa shape index (κ2) is 10.8. The number of fused-ring (bicyclic) bond motifs is 1. The highest BCUT2D eigenvalue weighted by atomic mass is 16.5. The number of carbonyl (C=O) groups is 1. The molecule has 0 fully saturated rings. The number of likely N-dealkylation sites (N-methyl/N-ethyl adjacent to an activating group) is 1. The molecule has 0 aromatic heterocycles. The molecule has 1 aliphatic rings. The third-order valence-corrected chi connectivity index (χ3v) is 6.20. The molecule has 6 heteroatoms. The van der Waals surface area contributed by atoms with Crippen LogP contribution in [-0.4, -0.2) is 73.8 Å². The first-order valence-electron chi connectivity index (χ1n) is 11.4. The summed E-state index contributed by atoms with van der Waals surface area (Å²) in [6, 6.07) is 16.2. The van der Waals surface area contributed by atoms with Crippen molar-refractivity contribution in [3.8, 4) is 5.75 Å². The van der Waals surface area contributed by atoms with Gasteiger partial charge in [0.05, 0.1) is 19.1 Å². The molecule has 3 atom stereocenters. The van der Waals surface area contributed by atoms with E-state index in [0.29, 0.717) is 6.54 Å². The lowest BCUT2D eigenvalue weighted by Gasteiger charge is -2.34. The molecule has 174 valence electrons. The number of anilines is 1. The van der Waals surface area contributed by atoms with E-state index in [1.165, 1.54) is 5.56 Å². The van der Waals surface area contributed by atoms with E-state index in [0.717, 1.165) is 30.1 Å². The van der Waals surface area contributed by atoms with Gasteiger partial charge in [-0.05, 0) is 37.7 Å². The summed E-state index contributed by atoms with van der Waals surface area (Å²) in [6.07, 6.45) is 0.174. The Kier molecular flexibility index (Phi) is 8.15. The highest BCUT2D eigenvalue weighted by molar-refractivity contribution is 5.80.